The number of carboxylic acids is 1. The summed E-state index contributed by atoms with van der Waals surface area (Å²) in [5, 5.41) is 14.5. The molecular formula is C28H30N4O5S. The first-order valence-corrected chi connectivity index (χ1v) is 13.2. The Kier molecular flexibility index (Phi) is 8.21. The quantitative estimate of drug-likeness (QED) is 0.294. The van der Waals surface area contributed by atoms with Crippen molar-refractivity contribution in [1.29, 1.82) is 0 Å². The van der Waals surface area contributed by atoms with E-state index in [4.69, 9.17) is 0 Å². The van der Waals surface area contributed by atoms with Crippen LogP contribution >= 0.6 is 11.8 Å². The van der Waals surface area contributed by atoms with Crippen molar-refractivity contribution in [3.8, 4) is 5.69 Å². The zero-order valence-corrected chi connectivity index (χ0v) is 22.2. The summed E-state index contributed by atoms with van der Waals surface area (Å²) < 4.78 is 3.21. The van der Waals surface area contributed by atoms with E-state index in [0.29, 0.717) is 29.9 Å². The SMILES string of the molecule is Cc1c(NC(=O)C(C)Sc2cccc(NC(=O)C3CC=CCC3C(=O)O)c2)c(=O)n(-c2ccccc2)n1C. The van der Waals surface area contributed by atoms with Crippen LogP contribution in [0.3, 0.4) is 0 Å². The number of carbonyl (C=O) groups is 3. The maximum atomic E-state index is 13.1. The molecule has 3 N–H and O–H groups in total. The van der Waals surface area contributed by atoms with Gasteiger partial charge in [0.25, 0.3) is 5.56 Å². The zero-order chi connectivity index (χ0) is 27.4. The molecule has 38 heavy (non-hydrogen) atoms. The van der Waals surface area contributed by atoms with Crippen molar-refractivity contribution in [3.05, 3.63) is 82.8 Å². The number of rotatable bonds is 8. The molecule has 0 saturated heterocycles. The number of para-hydroxylation sites is 1. The molecular weight excluding hydrogens is 504 g/mol. The molecule has 0 bridgehead atoms. The molecule has 3 aromatic rings. The fraction of sp³-hybridized carbons (Fsp3) is 0.286. The number of amides is 2. The molecule has 1 aliphatic carbocycles. The van der Waals surface area contributed by atoms with E-state index in [0.717, 1.165) is 4.90 Å². The van der Waals surface area contributed by atoms with Gasteiger partial charge in [0, 0.05) is 17.6 Å². The first kappa shape index (κ1) is 27.0. The predicted octanol–water partition coefficient (Wildman–Crippen LogP) is 4.21. The highest BCUT2D eigenvalue weighted by Crippen LogP contribution is 2.30. The van der Waals surface area contributed by atoms with Crippen molar-refractivity contribution < 1.29 is 19.5 Å². The lowest BCUT2D eigenvalue weighted by molar-refractivity contribution is -0.146. The highest BCUT2D eigenvalue weighted by molar-refractivity contribution is 8.00. The number of thioether (sulfide) groups is 1. The summed E-state index contributed by atoms with van der Waals surface area (Å²) in [6.45, 7) is 3.52. The molecule has 2 aromatic carbocycles. The second kappa shape index (κ2) is 11.6. The monoisotopic (exact) mass is 534 g/mol. The summed E-state index contributed by atoms with van der Waals surface area (Å²) in [5.74, 6) is -3.05. The minimum Gasteiger partial charge on any atom is -0.481 e. The van der Waals surface area contributed by atoms with Gasteiger partial charge in [-0.2, -0.15) is 0 Å². The highest BCUT2D eigenvalue weighted by atomic mass is 32.2. The normalized spacial score (nSPS) is 17.6. The molecule has 9 nitrogen and oxygen atoms in total. The minimum absolute atomic E-state index is 0.226. The van der Waals surface area contributed by atoms with E-state index in [1.165, 1.54) is 16.4 Å². The van der Waals surface area contributed by atoms with Gasteiger partial charge < -0.3 is 15.7 Å². The molecule has 3 unspecified atom stereocenters. The Bertz CT molecular complexity index is 1440. The maximum Gasteiger partial charge on any atom is 0.307 e. The average molecular weight is 535 g/mol. The van der Waals surface area contributed by atoms with Gasteiger partial charge in [-0.05, 0) is 57.0 Å². The Labute approximate surface area is 224 Å². The molecule has 3 atom stereocenters. The van der Waals surface area contributed by atoms with Gasteiger partial charge in [0.15, 0.2) is 0 Å². The number of benzene rings is 2. The summed E-state index contributed by atoms with van der Waals surface area (Å²) in [6.07, 6.45) is 4.33. The summed E-state index contributed by atoms with van der Waals surface area (Å²) in [7, 11) is 1.76. The lowest BCUT2D eigenvalue weighted by atomic mass is 9.82. The number of allylic oxidation sites excluding steroid dienone is 2. The molecule has 4 rings (SSSR count). The Morgan fingerprint density at radius 3 is 2.37 bits per heavy atom. The summed E-state index contributed by atoms with van der Waals surface area (Å²) >= 11 is 1.29. The Hall–Kier alpha value is -4.05. The first-order chi connectivity index (χ1) is 18.2. The van der Waals surface area contributed by atoms with Crippen LogP contribution in [-0.2, 0) is 21.4 Å². The number of aliphatic carboxylic acids is 1. The van der Waals surface area contributed by atoms with E-state index in [1.54, 1.807) is 49.9 Å². The molecule has 1 aliphatic rings. The van der Waals surface area contributed by atoms with Crippen molar-refractivity contribution in [2.45, 2.75) is 36.8 Å². The average Bonchev–Trinajstić information content (AvgIpc) is 3.12. The Morgan fingerprint density at radius 2 is 1.68 bits per heavy atom. The van der Waals surface area contributed by atoms with Crippen LogP contribution in [0.15, 0.2) is 76.4 Å². The van der Waals surface area contributed by atoms with Crippen molar-refractivity contribution >= 4 is 40.9 Å². The van der Waals surface area contributed by atoms with E-state index in [9.17, 15) is 24.3 Å². The third-order valence-electron chi connectivity index (χ3n) is 6.67. The van der Waals surface area contributed by atoms with Crippen LogP contribution < -0.4 is 16.2 Å². The van der Waals surface area contributed by atoms with Gasteiger partial charge in [0.05, 0.1) is 28.5 Å². The largest absolute Gasteiger partial charge is 0.481 e. The molecule has 0 spiro atoms. The van der Waals surface area contributed by atoms with Crippen LogP contribution in [0.1, 0.15) is 25.5 Å². The third-order valence-corrected chi connectivity index (χ3v) is 7.77. The molecule has 1 heterocycles. The van der Waals surface area contributed by atoms with Crippen LogP contribution in [0, 0.1) is 18.8 Å². The van der Waals surface area contributed by atoms with E-state index < -0.39 is 23.1 Å². The number of nitrogens with one attached hydrogen (secondary N) is 2. The molecule has 0 aliphatic heterocycles. The van der Waals surface area contributed by atoms with Crippen molar-refractivity contribution in [1.82, 2.24) is 9.36 Å². The van der Waals surface area contributed by atoms with Gasteiger partial charge >= 0.3 is 5.97 Å². The number of carbonyl (C=O) groups excluding carboxylic acids is 2. The van der Waals surface area contributed by atoms with Gasteiger partial charge in [-0.3, -0.25) is 23.9 Å². The molecule has 1 aromatic heterocycles. The number of anilines is 2. The number of hydrogen-bond donors (Lipinski definition) is 3. The third kappa shape index (κ3) is 5.75. The predicted molar refractivity (Wildman–Crippen MR) is 148 cm³/mol. The topological polar surface area (TPSA) is 122 Å². The Balaban J connectivity index is 1.43. The smallest absolute Gasteiger partial charge is 0.307 e. The lowest BCUT2D eigenvalue weighted by Gasteiger charge is -2.24. The van der Waals surface area contributed by atoms with E-state index in [2.05, 4.69) is 10.6 Å². The second-order valence-electron chi connectivity index (χ2n) is 9.20. The van der Waals surface area contributed by atoms with Crippen LogP contribution in [0.4, 0.5) is 11.4 Å². The van der Waals surface area contributed by atoms with Crippen molar-refractivity contribution in [3.63, 3.8) is 0 Å². The van der Waals surface area contributed by atoms with Crippen molar-refractivity contribution in [2.75, 3.05) is 10.6 Å². The summed E-state index contributed by atoms with van der Waals surface area (Å²) in [6, 6.07) is 16.3. The fourth-order valence-electron chi connectivity index (χ4n) is 4.45. The van der Waals surface area contributed by atoms with Gasteiger partial charge in [-0.25, -0.2) is 4.68 Å². The van der Waals surface area contributed by atoms with Crippen LogP contribution in [-0.4, -0.2) is 37.5 Å². The van der Waals surface area contributed by atoms with Gasteiger partial charge in [0.2, 0.25) is 11.8 Å². The molecule has 10 heteroatoms. The van der Waals surface area contributed by atoms with Crippen molar-refractivity contribution in [2.24, 2.45) is 18.9 Å². The molecule has 0 saturated carbocycles. The van der Waals surface area contributed by atoms with Gasteiger partial charge in [0.1, 0.15) is 5.69 Å². The van der Waals surface area contributed by atoms with Crippen LogP contribution in [0.2, 0.25) is 0 Å². The molecule has 198 valence electrons. The second-order valence-corrected chi connectivity index (χ2v) is 10.6. The summed E-state index contributed by atoms with van der Waals surface area (Å²) in [4.78, 5) is 51.2. The van der Waals surface area contributed by atoms with Crippen LogP contribution in [0.5, 0.6) is 0 Å². The Morgan fingerprint density at radius 1 is 1.00 bits per heavy atom. The molecule has 2 amide bonds. The highest BCUT2D eigenvalue weighted by Gasteiger charge is 2.34. The lowest BCUT2D eigenvalue weighted by Crippen LogP contribution is -2.34. The van der Waals surface area contributed by atoms with Crippen LogP contribution in [0.25, 0.3) is 5.69 Å². The number of nitrogens with zero attached hydrogens (tertiary/aromatic N) is 2. The minimum atomic E-state index is -0.983. The standard InChI is InChI=1S/C28H30N4O5S/c1-17-24(27(35)32(31(17)3)20-11-5-4-6-12-20)30-25(33)18(2)38-21-13-9-10-19(16-21)29-26(34)22-14-7-8-15-23(22)28(36)37/h4-13,16,18,22-23H,14-15H2,1-3H3,(H,29,34)(H,30,33)(H,36,37). The zero-order valence-electron chi connectivity index (χ0n) is 21.4. The number of hydrogen-bond acceptors (Lipinski definition) is 5. The maximum absolute atomic E-state index is 13.1. The first-order valence-electron chi connectivity index (χ1n) is 12.3. The van der Waals surface area contributed by atoms with E-state index in [-0.39, 0.29) is 23.1 Å². The van der Waals surface area contributed by atoms with Gasteiger partial charge in [-0.1, -0.05) is 36.4 Å². The number of aromatic nitrogens is 2. The van der Waals surface area contributed by atoms with E-state index in [1.807, 2.05) is 42.5 Å². The van der Waals surface area contributed by atoms with Gasteiger partial charge in [-0.15, -0.1) is 11.8 Å². The summed E-state index contributed by atoms with van der Waals surface area (Å²) in [5.41, 5.74) is 1.76. The van der Waals surface area contributed by atoms with E-state index >= 15 is 0 Å². The molecule has 0 radical (unpaired) electrons. The number of carboxylic acid groups (broad SMARTS) is 1. The fourth-order valence-corrected chi connectivity index (χ4v) is 5.38. The molecule has 0 fully saturated rings.